The molecule has 1 aromatic rings. The van der Waals surface area contributed by atoms with Gasteiger partial charge < -0.3 is 15.0 Å². The highest BCUT2D eigenvalue weighted by Crippen LogP contribution is 2.36. The number of carbonyl (C=O) groups excluding carboxylic acids is 1. The molecule has 1 aliphatic heterocycles. The molecule has 0 spiro atoms. The lowest BCUT2D eigenvalue weighted by Crippen LogP contribution is -2.29. The van der Waals surface area contributed by atoms with Gasteiger partial charge in [-0.25, -0.2) is 0 Å². The zero-order chi connectivity index (χ0) is 15.0. The monoisotopic (exact) mass is 416 g/mol. The Kier molecular flexibility index (Phi) is 4.57. The lowest BCUT2D eigenvalue weighted by molar-refractivity contribution is -0.132. The lowest BCUT2D eigenvalue weighted by Gasteiger charge is -2.16. The Bertz CT molecular complexity index is 538. The van der Waals surface area contributed by atoms with E-state index >= 15 is 0 Å². The van der Waals surface area contributed by atoms with Crippen molar-refractivity contribution in [2.24, 2.45) is 0 Å². The molecule has 2 fully saturated rings. The number of nitrogens with one attached hydrogen (secondary N) is 1. The summed E-state index contributed by atoms with van der Waals surface area (Å²) in [4.78, 5) is 13.7. The third-order valence-electron chi connectivity index (χ3n) is 3.87. The second-order valence-electron chi connectivity index (χ2n) is 5.70. The maximum Gasteiger partial charge on any atom is 0.263 e. The summed E-state index contributed by atoms with van der Waals surface area (Å²) >= 11 is 7.11. The summed E-state index contributed by atoms with van der Waals surface area (Å²) in [5.41, 5.74) is 1.20. The van der Waals surface area contributed by atoms with Gasteiger partial charge in [-0.05, 0) is 62.4 Å². The van der Waals surface area contributed by atoms with Gasteiger partial charge in [0.25, 0.3) is 5.91 Å². The normalized spacial score (nSPS) is 22.0. The van der Waals surface area contributed by atoms with Crippen molar-refractivity contribution in [1.82, 2.24) is 10.2 Å². The average Bonchev–Trinajstić information content (AvgIpc) is 3.21. The molecule has 1 saturated heterocycles. The fourth-order valence-electron chi connectivity index (χ4n) is 2.42. The van der Waals surface area contributed by atoms with Crippen LogP contribution in [0.4, 0.5) is 0 Å². The maximum absolute atomic E-state index is 11.9. The fraction of sp³-hybridized carbons (Fsp3) is 0.533. The first kappa shape index (κ1) is 15.3. The number of nitrogens with zero attached hydrogens (tertiary/aromatic N) is 1. The summed E-state index contributed by atoms with van der Waals surface area (Å²) in [5, 5.41) is 3.49. The average molecular weight is 418 g/mol. The molecule has 1 atom stereocenters. The SMILES string of the molecule is CN1CCC(Oc2c(Br)cc(CNC3CC3)cc2Br)C1=O. The summed E-state index contributed by atoms with van der Waals surface area (Å²) in [6, 6.07) is 4.79. The molecular formula is C15H18Br2N2O2. The van der Waals surface area contributed by atoms with Gasteiger partial charge in [0.1, 0.15) is 5.75 Å². The second-order valence-corrected chi connectivity index (χ2v) is 7.41. The summed E-state index contributed by atoms with van der Waals surface area (Å²) in [5.74, 6) is 0.757. The van der Waals surface area contributed by atoms with Crippen LogP contribution >= 0.6 is 31.9 Å². The van der Waals surface area contributed by atoms with Crippen molar-refractivity contribution < 1.29 is 9.53 Å². The minimum atomic E-state index is -0.377. The smallest absolute Gasteiger partial charge is 0.263 e. The molecule has 0 aromatic heterocycles. The number of benzene rings is 1. The topological polar surface area (TPSA) is 41.6 Å². The van der Waals surface area contributed by atoms with Crippen molar-refractivity contribution in [1.29, 1.82) is 0 Å². The highest BCUT2D eigenvalue weighted by Gasteiger charge is 2.31. The van der Waals surface area contributed by atoms with Crippen molar-refractivity contribution in [3.63, 3.8) is 0 Å². The Labute approximate surface area is 141 Å². The van der Waals surface area contributed by atoms with Crippen LogP contribution in [-0.4, -0.2) is 36.5 Å². The van der Waals surface area contributed by atoms with Gasteiger partial charge >= 0.3 is 0 Å². The number of likely N-dealkylation sites (N-methyl/N-ethyl adjacent to an activating group) is 1. The van der Waals surface area contributed by atoms with Gasteiger partial charge in [-0.15, -0.1) is 0 Å². The van der Waals surface area contributed by atoms with Gasteiger partial charge in [-0.3, -0.25) is 4.79 Å². The summed E-state index contributed by atoms with van der Waals surface area (Å²) in [6.45, 7) is 1.61. The van der Waals surface area contributed by atoms with E-state index in [2.05, 4.69) is 49.3 Å². The van der Waals surface area contributed by atoms with Gasteiger partial charge in [0.05, 0.1) is 8.95 Å². The number of hydrogen-bond donors (Lipinski definition) is 1. The van der Waals surface area contributed by atoms with Crippen LogP contribution in [-0.2, 0) is 11.3 Å². The van der Waals surface area contributed by atoms with E-state index in [4.69, 9.17) is 4.74 Å². The van der Waals surface area contributed by atoms with E-state index in [0.717, 1.165) is 28.5 Å². The standard InChI is InChI=1S/C15H18Br2N2O2/c1-19-5-4-13(15(19)20)21-14-11(16)6-9(7-12(14)17)8-18-10-2-3-10/h6-7,10,13,18H,2-5,8H2,1H3. The highest BCUT2D eigenvalue weighted by atomic mass is 79.9. The molecule has 1 saturated carbocycles. The van der Waals surface area contributed by atoms with Crippen molar-refractivity contribution in [2.45, 2.75) is 38.0 Å². The first-order chi connectivity index (χ1) is 10.0. The summed E-state index contributed by atoms with van der Waals surface area (Å²) < 4.78 is 7.67. The minimum Gasteiger partial charge on any atom is -0.478 e. The van der Waals surface area contributed by atoms with E-state index < -0.39 is 0 Å². The number of halogens is 2. The van der Waals surface area contributed by atoms with Crippen LogP contribution in [0.5, 0.6) is 5.75 Å². The Morgan fingerprint density at radius 1 is 1.29 bits per heavy atom. The van der Waals surface area contributed by atoms with Crippen LogP contribution in [0, 0.1) is 0 Å². The molecule has 1 amide bonds. The zero-order valence-corrected chi connectivity index (χ0v) is 15.0. The first-order valence-electron chi connectivity index (χ1n) is 7.17. The van der Waals surface area contributed by atoms with E-state index in [1.165, 1.54) is 18.4 Å². The number of hydrogen-bond acceptors (Lipinski definition) is 3. The number of carbonyl (C=O) groups is 1. The lowest BCUT2D eigenvalue weighted by atomic mass is 10.2. The Morgan fingerprint density at radius 3 is 2.48 bits per heavy atom. The number of likely N-dealkylation sites (tertiary alicyclic amines) is 1. The summed E-state index contributed by atoms with van der Waals surface area (Å²) in [7, 11) is 1.81. The molecule has 1 unspecified atom stereocenters. The molecule has 4 nitrogen and oxygen atoms in total. The van der Waals surface area contributed by atoms with Crippen LogP contribution in [0.25, 0.3) is 0 Å². The van der Waals surface area contributed by atoms with Crippen LogP contribution in [0.2, 0.25) is 0 Å². The molecule has 21 heavy (non-hydrogen) atoms. The van der Waals surface area contributed by atoms with E-state index in [-0.39, 0.29) is 12.0 Å². The zero-order valence-electron chi connectivity index (χ0n) is 11.9. The van der Waals surface area contributed by atoms with E-state index in [0.29, 0.717) is 11.8 Å². The molecule has 114 valence electrons. The Hall–Kier alpha value is -0.590. The molecule has 3 rings (SSSR count). The molecule has 1 heterocycles. The number of ether oxygens (including phenoxy) is 1. The molecule has 1 aromatic carbocycles. The van der Waals surface area contributed by atoms with Crippen LogP contribution in [0.1, 0.15) is 24.8 Å². The third kappa shape index (κ3) is 3.60. The van der Waals surface area contributed by atoms with Gasteiger partial charge in [-0.2, -0.15) is 0 Å². The van der Waals surface area contributed by atoms with Gasteiger partial charge in [-0.1, -0.05) is 0 Å². The van der Waals surface area contributed by atoms with Crippen LogP contribution in [0.3, 0.4) is 0 Å². The predicted octanol–water partition coefficient (Wildman–Crippen LogP) is 3.07. The molecule has 0 radical (unpaired) electrons. The van der Waals surface area contributed by atoms with Gasteiger partial charge in [0, 0.05) is 32.6 Å². The quantitative estimate of drug-likeness (QED) is 0.800. The van der Waals surface area contributed by atoms with E-state index in [1.807, 2.05) is 7.05 Å². The minimum absolute atomic E-state index is 0.0493. The summed E-state index contributed by atoms with van der Waals surface area (Å²) in [6.07, 6.45) is 2.92. The van der Waals surface area contributed by atoms with Crippen molar-refractivity contribution >= 4 is 37.8 Å². The van der Waals surface area contributed by atoms with Crippen molar-refractivity contribution in [3.8, 4) is 5.75 Å². The van der Waals surface area contributed by atoms with Crippen LogP contribution < -0.4 is 10.1 Å². The molecule has 1 aliphatic carbocycles. The maximum atomic E-state index is 11.9. The first-order valence-corrected chi connectivity index (χ1v) is 8.76. The molecule has 2 aliphatic rings. The largest absolute Gasteiger partial charge is 0.478 e. The van der Waals surface area contributed by atoms with Crippen molar-refractivity contribution in [3.05, 3.63) is 26.6 Å². The molecule has 0 bridgehead atoms. The van der Waals surface area contributed by atoms with Gasteiger partial charge in [0.15, 0.2) is 6.10 Å². The van der Waals surface area contributed by atoms with Gasteiger partial charge in [0.2, 0.25) is 0 Å². The van der Waals surface area contributed by atoms with E-state index in [1.54, 1.807) is 4.90 Å². The second kappa shape index (κ2) is 6.26. The molecule has 1 N–H and O–H groups in total. The third-order valence-corrected chi connectivity index (χ3v) is 5.05. The highest BCUT2D eigenvalue weighted by molar-refractivity contribution is 9.11. The fourth-order valence-corrected chi connectivity index (χ4v) is 3.89. The predicted molar refractivity (Wildman–Crippen MR) is 88.4 cm³/mol. The molecule has 6 heteroatoms. The van der Waals surface area contributed by atoms with E-state index in [9.17, 15) is 4.79 Å². The number of rotatable bonds is 5. The van der Waals surface area contributed by atoms with Crippen molar-refractivity contribution in [2.75, 3.05) is 13.6 Å². The molecular weight excluding hydrogens is 400 g/mol. The Morgan fingerprint density at radius 2 is 1.95 bits per heavy atom. The Balaban J connectivity index is 1.71. The van der Waals surface area contributed by atoms with Crippen LogP contribution in [0.15, 0.2) is 21.1 Å². The number of amides is 1.